The van der Waals surface area contributed by atoms with Gasteiger partial charge in [0.05, 0.1) is 7.11 Å². The summed E-state index contributed by atoms with van der Waals surface area (Å²) in [5, 5.41) is 3.42. The van der Waals surface area contributed by atoms with Crippen LogP contribution in [0.25, 0.3) is 0 Å². The highest BCUT2D eigenvalue weighted by molar-refractivity contribution is 5.30. The summed E-state index contributed by atoms with van der Waals surface area (Å²) in [5.74, 6) is 0.921. The largest absolute Gasteiger partial charge is 0.497 e. The lowest BCUT2D eigenvalue weighted by molar-refractivity contribution is 0.200. The minimum atomic E-state index is 0.337. The highest BCUT2D eigenvalue weighted by Gasteiger charge is 2.16. The number of nitrogens with zero attached hydrogens (tertiary/aromatic N) is 1. The molecular weight excluding hydrogens is 236 g/mol. The van der Waals surface area contributed by atoms with Crippen molar-refractivity contribution in [2.45, 2.75) is 39.3 Å². The van der Waals surface area contributed by atoms with Crippen LogP contribution in [-0.2, 0) is 0 Å². The van der Waals surface area contributed by atoms with Crippen LogP contribution in [0.3, 0.4) is 0 Å². The van der Waals surface area contributed by atoms with E-state index in [0.717, 1.165) is 18.8 Å². The van der Waals surface area contributed by atoms with Gasteiger partial charge in [-0.3, -0.25) is 4.90 Å². The summed E-state index contributed by atoms with van der Waals surface area (Å²) in [6, 6.07) is 9.23. The fourth-order valence-electron chi connectivity index (χ4n) is 2.30. The number of nitrogens with one attached hydrogen (secondary N) is 1. The van der Waals surface area contributed by atoms with Crippen molar-refractivity contribution < 1.29 is 4.74 Å². The minimum absolute atomic E-state index is 0.337. The van der Waals surface area contributed by atoms with E-state index >= 15 is 0 Å². The minimum Gasteiger partial charge on any atom is -0.497 e. The molecule has 0 amide bonds. The van der Waals surface area contributed by atoms with Crippen molar-refractivity contribution in [2.24, 2.45) is 0 Å². The molecule has 1 N–H and O–H groups in total. The molecule has 108 valence electrons. The van der Waals surface area contributed by atoms with E-state index in [4.69, 9.17) is 4.74 Å². The van der Waals surface area contributed by atoms with Gasteiger partial charge in [0.2, 0.25) is 0 Å². The quantitative estimate of drug-likeness (QED) is 0.781. The predicted octanol–water partition coefficient (Wildman–Crippen LogP) is 3.08. The van der Waals surface area contributed by atoms with Gasteiger partial charge < -0.3 is 10.1 Å². The van der Waals surface area contributed by atoms with Gasteiger partial charge in [0.15, 0.2) is 0 Å². The summed E-state index contributed by atoms with van der Waals surface area (Å²) in [6.45, 7) is 8.91. The zero-order valence-corrected chi connectivity index (χ0v) is 12.9. The molecule has 0 aliphatic rings. The lowest BCUT2D eigenvalue weighted by Crippen LogP contribution is -2.38. The van der Waals surface area contributed by atoms with Crippen LogP contribution < -0.4 is 10.1 Å². The predicted molar refractivity (Wildman–Crippen MR) is 81.8 cm³/mol. The fraction of sp³-hybridized carbons (Fsp3) is 0.625. The van der Waals surface area contributed by atoms with Crippen molar-refractivity contribution in [2.75, 3.05) is 27.2 Å². The van der Waals surface area contributed by atoms with E-state index in [2.05, 4.69) is 49.2 Å². The number of methoxy groups -OCH3 is 1. The number of rotatable bonds is 8. The number of hydrogen-bond donors (Lipinski definition) is 1. The first kappa shape index (κ1) is 16.0. The van der Waals surface area contributed by atoms with Crippen LogP contribution in [-0.4, -0.2) is 38.2 Å². The van der Waals surface area contributed by atoms with Crippen LogP contribution in [0.5, 0.6) is 5.75 Å². The summed E-state index contributed by atoms with van der Waals surface area (Å²) in [6.07, 6.45) is 1.19. The molecule has 0 radical (unpaired) electrons. The molecule has 0 saturated heterocycles. The Labute approximate surface area is 118 Å². The molecule has 0 aliphatic heterocycles. The Morgan fingerprint density at radius 1 is 1.32 bits per heavy atom. The van der Waals surface area contributed by atoms with E-state index in [0.29, 0.717) is 12.1 Å². The molecule has 1 atom stereocenters. The van der Waals surface area contributed by atoms with Crippen LogP contribution in [0, 0.1) is 0 Å². The van der Waals surface area contributed by atoms with Gasteiger partial charge in [0.1, 0.15) is 5.75 Å². The van der Waals surface area contributed by atoms with Gasteiger partial charge >= 0.3 is 0 Å². The van der Waals surface area contributed by atoms with Crippen LogP contribution in [0.15, 0.2) is 24.3 Å². The molecule has 1 aromatic carbocycles. The zero-order valence-electron chi connectivity index (χ0n) is 12.9. The molecular formula is C16H28N2O. The Morgan fingerprint density at radius 2 is 2.05 bits per heavy atom. The van der Waals surface area contributed by atoms with Crippen molar-refractivity contribution >= 4 is 0 Å². The van der Waals surface area contributed by atoms with Crippen molar-refractivity contribution in [1.82, 2.24) is 10.2 Å². The van der Waals surface area contributed by atoms with Gasteiger partial charge in [-0.2, -0.15) is 0 Å². The average molecular weight is 264 g/mol. The lowest BCUT2D eigenvalue weighted by Gasteiger charge is -2.30. The topological polar surface area (TPSA) is 24.5 Å². The van der Waals surface area contributed by atoms with E-state index in [1.165, 1.54) is 12.0 Å². The third kappa shape index (κ3) is 4.84. The molecule has 1 aromatic rings. The Morgan fingerprint density at radius 3 is 2.58 bits per heavy atom. The first-order chi connectivity index (χ1) is 9.12. The highest BCUT2D eigenvalue weighted by atomic mass is 16.5. The van der Waals surface area contributed by atoms with Gasteiger partial charge in [-0.25, -0.2) is 0 Å². The molecule has 0 bridgehead atoms. The van der Waals surface area contributed by atoms with Gasteiger partial charge in [0.25, 0.3) is 0 Å². The molecule has 0 aromatic heterocycles. The van der Waals surface area contributed by atoms with E-state index in [1.54, 1.807) is 7.11 Å². The molecule has 1 unspecified atom stereocenters. The second kappa shape index (κ2) is 8.18. The van der Waals surface area contributed by atoms with Crippen molar-refractivity contribution in [3.63, 3.8) is 0 Å². The van der Waals surface area contributed by atoms with Crippen molar-refractivity contribution in [3.8, 4) is 5.75 Å². The molecule has 1 rings (SSSR count). The molecule has 0 fully saturated rings. The Balaban J connectivity index is 2.80. The van der Waals surface area contributed by atoms with Gasteiger partial charge in [-0.1, -0.05) is 19.1 Å². The maximum Gasteiger partial charge on any atom is 0.119 e. The van der Waals surface area contributed by atoms with Crippen LogP contribution >= 0.6 is 0 Å². The van der Waals surface area contributed by atoms with Crippen molar-refractivity contribution in [3.05, 3.63) is 29.8 Å². The Hall–Kier alpha value is -1.06. The average Bonchev–Trinajstić information content (AvgIpc) is 2.43. The normalized spacial score (nSPS) is 13.0. The van der Waals surface area contributed by atoms with E-state index in [9.17, 15) is 0 Å². The summed E-state index contributed by atoms with van der Waals surface area (Å²) in [7, 11) is 3.74. The summed E-state index contributed by atoms with van der Waals surface area (Å²) >= 11 is 0. The smallest absolute Gasteiger partial charge is 0.119 e. The molecule has 0 spiro atoms. The zero-order chi connectivity index (χ0) is 14.3. The standard InChI is InChI=1S/C16H28N2O/c1-6-10-18(13(2)3)12-16(17-4)14-8-7-9-15(11-14)19-5/h7-9,11,13,16-17H,6,10,12H2,1-5H3. The van der Waals surface area contributed by atoms with E-state index < -0.39 is 0 Å². The number of ether oxygens (including phenoxy) is 1. The number of benzene rings is 1. The first-order valence-electron chi connectivity index (χ1n) is 7.17. The van der Waals surface area contributed by atoms with Gasteiger partial charge in [-0.05, 0) is 51.6 Å². The SMILES string of the molecule is CCCN(CC(NC)c1cccc(OC)c1)C(C)C. The van der Waals surface area contributed by atoms with E-state index in [-0.39, 0.29) is 0 Å². The molecule has 3 heteroatoms. The monoisotopic (exact) mass is 264 g/mol. The molecule has 19 heavy (non-hydrogen) atoms. The lowest BCUT2D eigenvalue weighted by atomic mass is 10.1. The Bertz CT molecular complexity index is 366. The second-order valence-corrected chi connectivity index (χ2v) is 5.21. The van der Waals surface area contributed by atoms with Crippen LogP contribution in [0.4, 0.5) is 0 Å². The number of hydrogen-bond acceptors (Lipinski definition) is 3. The maximum atomic E-state index is 5.31. The molecule has 0 heterocycles. The first-order valence-corrected chi connectivity index (χ1v) is 7.17. The molecule has 3 nitrogen and oxygen atoms in total. The van der Waals surface area contributed by atoms with Crippen LogP contribution in [0.1, 0.15) is 38.8 Å². The highest BCUT2D eigenvalue weighted by Crippen LogP contribution is 2.20. The maximum absolute atomic E-state index is 5.31. The fourth-order valence-corrected chi connectivity index (χ4v) is 2.30. The summed E-state index contributed by atoms with van der Waals surface area (Å²) in [4.78, 5) is 2.51. The molecule has 0 aliphatic carbocycles. The van der Waals surface area contributed by atoms with E-state index in [1.807, 2.05) is 13.1 Å². The van der Waals surface area contributed by atoms with Crippen molar-refractivity contribution in [1.29, 1.82) is 0 Å². The third-order valence-corrected chi connectivity index (χ3v) is 3.50. The Kier molecular flexibility index (Phi) is 6.89. The van der Waals surface area contributed by atoms with Crippen LogP contribution in [0.2, 0.25) is 0 Å². The van der Waals surface area contributed by atoms with Gasteiger partial charge in [0, 0.05) is 18.6 Å². The van der Waals surface area contributed by atoms with Gasteiger partial charge in [-0.15, -0.1) is 0 Å². The summed E-state index contributed by atoms with van der Waals surface area (Å²) < 4.78 is 5.31. The number of likely N-dealkylation sites (N-methyl/N-ethyl adjacent to an activating group) is 1. The summed E-state index contributed by atoms with van der Waals surface area (Å²) in [5.41, 5.74) is 1.28. The third-order valence-electron chi connectivity index (χ3n) is 3.50. The second-order valence-electron chi connectivity index (χ2n) is 5.21. The molecule has 0 saturated carbocycles.